The molecule has 0 saturated heterocycles. The summed E-state index contributed by atoms with van der Waals surface area (Å²) in [5.41, 5.74) is 3.91. The van der Waals surface area contributed by atoms with E-state index in [-0.39, 0.29) is 6.10 Å². The molecule has 3 N–H and O–H groups in total. The van der Waals surface area contributed by atoms with Crippen LogP contribution in [-0.2, 0) is 6.42 Å². The van der Waals surface area contributed by atoms with Gasteiger partial charge in [-0.1, -0.05) is 19.1 Å². The lowest BCUT2D eigenvalue weighted by Gasteiger charge is -2.13. The van der Waals surface area contributed by atoms with Crippen LogP contribution in [0.4, 0.5) is 0 Å². The predicted molar refractivity (Wildman–Crippen MR) is 58.1 cm³/mol. The van der Waals surface area contributed by atoms with Gasteiger partial charge in [-0.3, -0.25) is 11.3 Å². The summed E-state index contributed by atoms with van der Waals surface area (Å²) in [6.07, 6.45) is 1.15. The van der Waals surface area contributed by atoms with Crippen molar-refractivity contribution in [3.8, 4) is 5.75 Å². The molecule has 14 heavy (non-hydrogen) atoms. The van der Waals surface area contributed by atoms with Gasteiger partial charge in [-0.05, 0) is 31.0 Å². The van der Waals surface area contributed by atoms with Crippen molar-refractivity contribution in [1.82, 2.24) is 5.43 Å². The Morgan fingerprint density at radius 1 is 1.36 bits per heavy atom. The number of nitrogens with one attached hydrogen (secondary N) is 1. The highest BCUT2D eigenvalue weighted by Gasteiger charge is 2.01. The van der Waals surface area contributed by atoms with Gasteiger partial charge in [-0.25, -0.2) is 0 Å². The molecule has 0 heterocycles. The molecule has 0 saturated carbocycles. The van der Waals surface area contributed by atoms with Gasteiger partial charge in [0.25, 0.3) is 0 Å². The van der Waals surface area contributed by atoms with Crippen LogP contribution in [0.2, 0.25) is 0 Å². The number of rotatable bonds is 5. The summed E-state index contributed by atoms with van der Waals surface area (Å²) >= 11 is 0. The van der Waals surface area contributed by atoms with E-state index in [0.29, 0.717) is 6.54 Å². The van der Waals surface area contributed by atoms with E-state index in [9.17, 15) is 0 Å². The summed E-state index contributed by atoms with van der Waals surface area (Å²) in [6, 6.07) is 8.15. The Morgan fingerprint density at radius 2 is 2.00 bits per heavy atom. The highest BCUT2D eigenvalue weighted by Crippen LogP contribution is 2.13. The lowest BCUT2D eigenvalue weighted by atomic mass is 10.2. The number of ether oxygens (including phenoxy) is 1. The van der Waals surface area contributed by atoms with Crippen LogP contribution in [0.1, 0.15) is 19.4 Å². The number of hydrogen-bond acceptors (Lipinski definition) is 3. The summed E-state index contributed by atoms with van der Waals surface area (Å²) < 4.78 is 5.61. The maximum absolute atomic E-state index is 5.61. The van der Waals surface area contributed by atoms with Crippen molar-refractivity contribution in [2.45, 2.75) is 26.4 Å². The van der Waals surface area contributed by atoms with Gasteiger partial charge in [0.1, 0.15) is 11.9 Å². The normalized spacial score (nSPS) is 12.5. The third-order valence-corrected chi connectivity index (χ3v) is 2.07. The number of benzene rings is 1. The zero-order valence-corrected chi connectivity index (χ0v) is 8.79. The Morgan fingerprint density at radius 3 is 2.50 bits per heavy atom. The Labute approximate surface area is 85.2 Å². The third kappa shape index (κ3) is 3.36. The minimum atomic E-state index is 0.0903. The molecule has 1 aromatic rings. The molecule has 0 spiro atoms. The average molecular weight is 194 g/mol. The van der Waals surface area contributed by atoms with E-state index in [1.165, 1.54) is 5.56 Å². The van der Waals surface area contributed by atoms with Crippen molar-refractivity contribution in [1.29, 1.82) is 0 Å². The highest BCUT2D eigenvalue weighted by atomic mass is 16.5. The molecule has 0 aliphatic carbocycles. The molecule has 1 aromatic carbocycles. The molecule has 3 heteroatoms. The van der Waals surface area contributed by atoms with Crippen LogP contribution in [0.3, 0.4) is 0 Å². The van der Waals surface area contributed by atoms with E-state index in [2.05, 4.69) is 24.5 Å². The minimum Gasteiger partial charge on any atom is -0.489 e. The van der Waals surface area contributed by atoms with Crippen LogP contribution in [-0.4, -0.2) is 12.6 Å². The first-order valence-electron chi connectivity index (χ1n) is 4.95. The number of aryl methyl sites for hydroxylation is 1. The maximum atomic E-state index is 5.61. The molecule has 0 amide bonds. The average Bonchev–Trinajstić information content (AvgIpc) is 2.19. The van der Waals surface area contributed by atoms with E-state index in [0.717, 1.165) is 12.2 Å². The van der Waals surface area contributed by atoms with Crippen LogP contribution in [0, 0.1) is 0 Å². The maximum Gasteiger partial charge on any atom is 0.119 e. The molecule has 3 nitrogen and oxygen atoms in total. The fourth-order valence-electron chi connectivity index (χ4n) is 1.24. The zero-order chi connectivity index (χ0) is 10.4. The topological polar surface area (TPSA) is 47.3 Å². The lowest BCUT2D eigenvalue weighted by molar-refractivity contribution is 0.218. The number of hydrogen-bond donors (Lipinski definition) is 2. The fourth-order valence-corrected chi connectivity index (χ4v) is 1.24. The van der Waals surface area contributed by atoms with Crippen LogP contribution in [0.15, 0.2) is 24.3 Å². The minimum absolute atomic E-state index is 0.0903. The first-order valence-corrected chi connectivity index (χ1v) is 4.95. The SMILES string of the molecule is CCc1ccc(OC(C)CNN)cc1. The molecule has 0 radical (unpaired) electrons. The highest BCUT2D eigenvalue weighted by molar-refractivity contribution is 5.27. The summed E-state index contributed by atoms with van der Waals surface area (Å²) in [5, 5.41) is 0. The molecule has 0 aliphatic rings. The van der Waals surface area contributed by atoms with Gasteiger partial charge < -0.3 is 4.74 Å². The molecule has 0 bridgehead atoms. The van der Waals surface area contributed by atoms with Crippen molar-refractivity contribution < 1.29 is 4.74 Å². The van der Waals surface area contributed by atoms with Gasteiger partial charge in [0.05, 0.1) is 0 Å². The molecule has 78 valence electrons. The molecule has 1 atom stereocenters. The molecule has 0 fully saturated rings. The van der Waals surface area contributed by atoms with Gasteiger partial charge in [0.15, 0.2) is 0 Å². The summed E-state index contributed by atoms with van der Waals surface area (Å²) in [5.74, 6) is 6.09. The van der Waals surface area contributed by atoms with Crippen molar-refractivity contribution in [2.75, 3.05) is 6.54 Å². The quantitative estimate of drug-likeness (QED) is 0.551. The van der Waals surface area contributed by atoms with Gasteiger partial charge in [-0.15, -0.1) is 0 Å². The lowest BCUT2D eigenvalue weighted by Crippen LogP contribution is -2.33. The van der Waals surface area contributed by atoms with Crippen molar-refractivity contribution in [2.24, 2.45) is 5.84 Å². The Bertz CT molecular complexity index is 258. The Hall–Kier alpha value is -1.06. The van der Waals surface area contributed by atoms with Crippen LogP contribution >= 0.6 is 0 Å². The van der Waals surface area contributed by atoms with Gasteiger partial charge in [-0.2, -0.15) is 0 Å². The van der Waals surface area contributed by atoms with Gasteiger partial charge >= 0.3 is 0 Å². The van der Waals surface area contributed by atoms with Crippen molar-refractivity contribution in [3.05, 3.63) is 29.8 Å². The molecule has 0 aromatic heterocycles. The standard InChI is InChI=1S/C11H18N2O/c1-3-10-4-6-11(7-5-10)14-9(2)8-13-12/h4-7,9,13H,3,8,12H2,1-2H3. The molecule has 1 rings (SSSR count). The second-order valence-electron chi connectivity index (χ2n) is 3.33. The third-order valence-electron chi connectivity index (χ3n) is 2.07. The van der Waals surface area contributed by atoms with Crippen molar-refractivity contribution in [3.63, 3.8) is 0 Å². The van der Waals surface area contributed by atoms with E-state index >= 15 is 0 Å². The molecule has 1 unspecified atom stereocenters. The van der Waals surface area contributed by atoms with E-state index in [1.54, 1.807) is 0 Å². The largest absolute Gasteiger partial charge is 0.489 e. The molecule has 0 aliphatic heterocycles. The number of hydrazine groups is 1. The first kappa shape index (κ1) is 11.0. The first-order chi connectivity index (χ1) is 6.76. The van der Waals surface area contributed by atoms with E-state index in [1.807, 2.05) is 19.1 Å². The van der Waals surface area contributed by atoms with Crippen LogP contribution in [0.25, 0.3) is 0 Å². The van der Waals surface area contributed by atoms with E-state index < -0.39 is 0 Å². The predicted octanol–water partition coefficient (Wildman–Crippen LogP) is 1.48. The number of nitrogens with two attached hydrogens (primary N) is 1. The molecular formula is C11H18N2O. The second-order valence-corrected chi connectivity index (χ2v) is 3.33. The van der Waals surface area contributed by atoms with Crippen LogP contribution in [0.5, 0.6) is 5.75 Å². The fraction of sp³-hybridized carbons (Fsp3) is 0.455. The Balaban J connectivity index is 2.50. The second kappa shape index (κ2) is 5.62. The van der Waals surface area contributed by atoms with E-state index in [4.69, 9.17) is 10.6 Å². The summed E-state index contributed by atoms with van der Waals surface area (Å²) in [7, 11) is 0. The van der Waals surface area contributed by atoms with Crippen LogP contribution < -0.4 is 16.0 Å². The Kier molecular flexibility index (Phi) is 4.43. The van der Waals surface area contributed by atoms with Gasteiger partial charge in [0.2, 0.25) is 0 Å². The summed E-state index contributed by atoms with van der Waals surface area (Å²) in [4.78, 5) is 0. The smallest absolute Gasteiger partial charge is 0.119 e. The van der Waals surface area contributed by atoms with Crippen molar-refractivity contribution >= 4 is 0 Å². The van der Waals surface area contributed by atoms with Gasteiger partial charge in [0, 0.05) is 6.54 Å². The molecular weight excluding hydrogens is 176 g/mol. The zero-order valence-electron chi connectivity index (χ0n) is 8.79. The summed E-state index contributed by atoms with van der Waals surface area (Å²) in [6.45, 7) is 4.76. The monoisotopic (exact) mass is 194 g/mol.